The molecule has 3 nitrogen and oxygen atoms in total. The maximum Gasteiger partial charge on any atom is 0.219 e. The summed E-state index contributed by atoms with van der Waals surface area (Å²) in [6.45, 7) is 8.31. The lowest BCUT2D eigenvalue weighted by atomic mass is 10.2. The lowest BCUT2D eigenvalue weighted by molar-refractivity contribution is 0.462. The van der Waals surface area contributed by atoms with Gasteiger partial charge in [-0.15, -0.1) is 0 Å². The Bertz CT molecular complexity index is 518. The molecular formula is C17H22N2O. The van der Waals surface area contributed by atoms with Crippen LogP contribution < -0.4 is 10.1 Å². The van der Waals surface area contributed by atoms with Gasteiger partial charge in [0.25, 0.3) is 0 Å². The van der Waals surface area contributed by atoms with E-state index in [9.17, 15) is 0 Å². The molecule has 0 saturated heterocycles. The molecule has 0 unspecified atom stereocenters. The van der Waals surface area contributed by atoms with E-state index in [1.165, 1.54) is 11.1 Å². The topological polar surface area (TPSA) is 34.1 Å². The van der Waals surface area contributed by atoms with Gasteiger partial charge in [-0.05, 0) is 37.1 Å². The van der Waals surface area contributed by atoms with Crippen LogP contribution in [0.15, 0.2) is 42.6 Å². The number of aryl methyl sites for hydroxylation is 1. The van der Waals surface area contributed by atoms with E-state index in [0.717, 1.165) is 18.8 Å². The molecule has 0 aliphatic carbocycles. The molecule has 1 N–H and O–H groups in total. The normalized spacial score (nSPS) is 10.8. The third-order valence-electron chi connectivity index (χ3n) is 2.92. The van der Waals surface area contributed by atoms with Gasteiger partial charge in [0.05, 0.1) is 0 Å². The number of hydrogen-bond donors (Lipinski definition) is 1. The van der Waals surface area contributed by atoms with E-state index in [4.69, 9.17) is 4.74 Å². The highest BCUT2D eigenvalue weighted by molar-refractivity contribution is 5.30. The summed E-state index contributed by atoms with van der Waals surface area (Å²) in [5.74, 6) is 2.10. The van der Waals surface area contributed by atoms with Gasteiger partial charge in [0, 0.05) is 18.8 Å². The number of nitrogens with one attached hydrogen (secondary N) is 1. The summed E-state index contributed by atoms with van der Waals surface area (Å²) in [7, 11) is 0. The molecule has 106 valence electrons. The van der Waals surface area contributed by atoms with Crippen LogP contribution in [0.5, 0.6) is 11.6 Å². The summed E-state index contributed by atoms with van der Waals surface area (Å²) < 4.78 is 5.70. The number of nitrogens with zero attached hydrogens (tertiary/aromatic N) is 1. The maximum atomic E-state index is 5.70. The Balaban J connectivity index is 1.89. The number of rotatable bonds is 6. The molecular weight excluding hydrogens is 248 g/mol. The Morgan fingerprint density at radius 2 is 1.85 bits per heavy atom. The van der Waals surface area contributed by atoms with Crippen molar-refractivity contribution in [3.63, 3.8) is 0 Å². The van der Waals surface area contributed by atoms with Crippen molar-refractivity contribution in [1.82, 2.24) is 10.3 Å². The molecule has 1 aromatic carbocycles. The second kappa shape index (κ2) is 7.06. The average Bonchev–Trinajstić information content (AvgIpc) is 2.43. The van der Waals surface area contributed by atoms with Crippen molar-refractivity contribution in [3.8, 4) is 11.6 Å². The predicted octanol–water partition coefficient (Wildman–Crippen LogP) is 3.93. The van der Waals surface area contributed by atoms with Crippen LogP contribution in [0.25, 0.3) is 0 Å². The number of aromatic nitrogens is 1. The Morgan fingerprint density at radius 1 is 1.10 bits per heavy atom. The minimum absolute atomic E-state index is 0.626. The van der Waals surface area contributed by atoms with Crippen LogP contribution >= 0.6 is 0 Å². The van der Waals surface area contributed by atoms with Crippen molar-refractivity contribution in [2.24, 2.45) is 5.92 Å². The molecule has 0 atom stereocenters. The molecule has 0 aliphatic heterocycles. The third-order valence-corrected chi connectivity index (χ3v) is 2.92. The first-order valence-electron chi connectivity index (χ1n) is 7.03. The molecule has 20 heavy (non-hydrogen) atoms. The zero-order chi connectivity index (χ0) is 14.4. The zero-order valence-electron chi connectivity index (χ0n) is 12.4. The fourth-order valence-electron chi connectivity index (χ4n) is 1.81. The summed E-state index contributed by atoms with van der Waals surface area (Å²) in [5, 5.41) is 3.40. The predicted molar refractivity (Wildman–Crippen MR) is 82.0 cm³/mol. The van der Waals surface area contributed by atoms with Gasteiger partial charge in [-0.3, -0.25) is 0 Å². The molecule has 0 saturated carbocycles. The van der Waals surface area contributed by atoms with Crippen LogP contribution in [0.1, 0.15) is 25.0 Å². The smallest absolute Gasteiger partial charge is 0.219 e. The van der Waals surface area contributed by atoms with Crippen LogP contribution in [-0.2, 0) is 6.54 Å². The molecule has 0 bridgehead atoms. The van der Waals surface area contributed by atoms with Gasteiger partial charge in [-0.1, -0.05) is 37.6 Å². The second-order valence-electron chi connectivity index (χ2n) is 5.44. The standard InChI is InChI=1S/C17H22N2O/c1-13(2)10-18-11-15-6-9-17(19-12-15)20-16-7-4-14(3)5-8-16/h4-9,12-13,18H,10-11H2,1-3H3. The average molecular weight is 270 g/mol. The van der Waals surface area contributed by atoms with E-state index in [1.807, 2.05) is 42.6 Å². The highest BCUT2D eigenvalue weighted by Crippen LogP contribution is 2.19. The van der Waals surface area contributed by atoms with Crippen molar-refractivity contribution in [3.05, 3.63) is 53.7 Å². The van der Waals surface area contributed by atoms with Crippen molar-refractivity contribution in [2.75, 3.05) is 6.54 Å². The summed E-state index contributed by atoms with van der Waals surface area (Å²) in [4.78, 5) is 4.33. The van der Waals surface area contributed by atoms with Gasteiger partial charge in [0.1, 0.15) is 5.75 Å². The second-order valence-corrected chi connectivity index (χ2v) is 5.44. The van der Waals surface area contributed by atoms with Crippen molar-refractivity contribution >= 4 is 0 Å². The third kappa shape index (κ3) is 4.67. The molecule has 0 spiro atoms. The molecule has 1 aromatic heterocycles. The van der Waals surface area contributed by atoms with E-state index in [-0.39, 0.29) is 0 Å². The van der Waals surface area contributed by atoms with Crippen molar-refractivity contribution in [2.45, 2.75) is 27.3 Å². The Kier molecular flexibility index (Phi) is 5.13. The Morgan fingerprint density at radius 3 is 2.45 bits per heavy atom. The van der Waals surface area contributed by atoms with E-state index in [2.05, 4.69) is 31.1 Å². The van der Waals surface area contributed by atoms with Crippen LogP contribution in [-0.4, -0.2) is 11.5 Å². The molecule has 0 amide bonds. The summed E-state index contributed by atoms with van der Waals surface area (Å²) in [5.41, 5.74) is 2.39. The zero-order valence-corrected chi connectivity index (χ0v) is 12.4. The van der Waals surface area contributed by atoms with E-state index in [1.54, 1.807) is 0 Å². The van der Waals surface area contributed by atoms with Crippen LogP contribution in [0.2, 0.25) is 0 Å². The molecule has 1 heterocycles. The Hall–Kier alpha value is -1.87. The molecule has 2 rings (SSSR count). The van der Waals surface area contributed by atoms with E-state index in [0.29, 0.717) is 11.8 Å². The molecule has 3 heteroatoms. The van der Waals surface area contributed by atoms with Gasteiger partial charge in [0.2, 0.25) is 5.88 Å². The molecule has 2 aromatic rings. The van der Waals surface area contributed by atoms with Crippen LogP contribution in [0.4, 0.5) is 0 Å². The van der Waals surface area contributed by atoms with Gasteiger partial charge in [0.15, 0.2) is 0 Å². The highest BCUT2D eigenvalue weighted by Gasteiger charge is 2.00. The summed E-state index contributed by atoms with van der Waals surface area (Å²) in [6, 6.07) is 11.9. The highest BCUT2D eigenvalue weighted by atomic mass is 16.5. The van der Waals surface area contributed by atoms with Gasteiger partial charge < -0.3 is 10.1 Å². The van der Waals surface area contributed by atoms with Crippen LogP contribution in [0.3, 0.4) is 0 Å². The quantitative estimate of drug-likeness (QED) is 0.863. The molecule has 0 aliphatic rings. The minimum Gasteiger partial charge on any atom is -0.439 e. The largest absolute Gasteiger partial charge is 0.439 e. The molecule has 0 radical (unpaired) electrons. The van der Waals surface area contributed by atoms with Crippen molar-refractivity contribution < 1.29 is 4.74 Å². The number of hydrogen-bond acceptors (Lipinski definition) is 3. The first kappa shape index (κ1) is 14.5. The van der Waals surface area contributed by atoms with Crippen LogP contribution in [0, 0.1) is 12.8 Å². The van der Waals surface area contributed by atoms with Gasteiger partial charge in [-0.2, -0.15) is 0 Å². The number of benzene rings is 1. The summed E-state index contributed by atoms with van der Waals surface area (Å²) in [6.07, 6.45) is 1.86. The minimum atomic E-state index is 0.626. The van der Waals surface area contributed by atoms with E-state index >= 15 is 0 Å². The summed E-state index contributed by atoms with van der Waals surface area (Å²) >= 11 is 0. The lowest BCUT2D eigenvalue weighted by Crippen LogP contribution is -2.18. The first-order valence-corrected chi connectivity index (χ1v) is 7.03. The first-order chi connectivity index (χ1) is 9.63. The molecule has 0 fully saturated rings. The number of pyridine rings is 1. The SMILES string of the molecule is Cc1ccc(Oc2ccc(CNCC(C)C)cn2)cc1. The van der Waals surface area contributed by atoms with Gasteiger partial charge in [-0.25, -0.2) is 4.98 Å². The van der Waals surface area contributed by atoms with Gasteiger partial charge >= 0.3 is 0 Å². The van der Waals surface area contributed by atoms with E-state index < -0.39 is 0 Å². The maximum absolute atomic E-state index is 5.70. The number of ether oxygens (including phenoxy) is 1. The van der Waals surface area contributed by atoms with Crippen molar-refractivity contribution in [1.29, 1.82) is 0 Å². The fourth-order valence-corrected chi connectivity index (χ4v) is 1.81. The monoisotopic (exact) mass is 270 g/mol. The fraction of sp³-hybridized carbons (Fsp3) is 0.353. The lowest BCUT2D eigenvalue weighted by Gasteiger charge is -2.08. The Labute approximate surface area is 121 Å².